The lowest BCUT2D eigenvalue weighted by Crippen LogP contribution is -2.56. The molecule has 6 nitrogen and oxygen atoms in total. The molecule has 3 fully saturated rings. The van der Waals surface area contributed by atoms with Gasteiger partial charge in [-0.2, -0.15) is 0 Å². The van der Waals surface area contributed by atoms with Gasteiger partial charge in [-0.05, 0) is 12.8 Å². The van der Waals surface area contributed by atoms with Gasteiger partial charge in [0, 0.05) is 25.6 Å². The monoisotopic (exact) mass is 224 g/mol. The van der Waals surface area contributed by atoms with Gasteiger partial charge in [-0.3, -0.25) is 19.8 Å². The number of hydrogen-bond donors (Lipinski definition) is 3. The summed E-state index contributed by atoms with van der Waals surface area (Å²) in [6.45, 7) is 1.76. The van der Waals surface area contributed by atoms with Crippen molar-refractivity contribution in [3.63, 3.8) is 0 Å². The van der Waals surface area contributed by atoms with Crippen molar-refractivity contribution in [2.24, 2.45) is 5.73 Å². The predicted octanol–water partition coefficient (Wildman–Crippen LogP) is -1.88. The standard InChI is InChI=1S/C10H16N4O2/c11-8(15)7-4-10(9(16)13-7)12-5-6-2-1-3-14(6)10/h6-7,12H,1-5H2,(H2,11,15)(H,13,16). The second kappa shape index (κ2) is 3.18. The highest BCUT2D eigenvalue weighted by atomic mass is 16.2. The fourth-order valence-electron chi connectivity index (χ4n) is 3.23. The molecule has 3 atom stereocenters. The predicted molar refractivity (Wildman–Crippen MR) is 56.2 cm³/mol. The van der Waals surface area contributed by atoms with Crippen molar-refractivity contribution in [1.29, 1.82) is 0 Å². The Kier molecular flexibility index (Phi) is 1.99. The Hall–Kier alpha value is -1.14. The largest absolute Gasteiger partial charge is 0.368 e. The van der Waals surface area contributed by atoms with E-state index in [2.05, 4.69) is 15.5 Å². The zero-order valence-electron chi connectivity index (χ0n) is 9.03. The van der Waals surface area contributed by atoms with Crippen molar-refractivity contribution >= 4 is 11.8 Å². The summed E-state index contributed by atoms with van der Waals surface area (Å²) in [7, 11) is 0. The minimum Gasteiger partial charge on any atom is -0.368 e. The molecule has 0 radical (unpaired) electrons. The normalized spacial score (nSPS) is 42.6. The highest BCUT2D eigenvalue weighted by Crippen LogP contribution is 2.36. The van der Waals surface area contributed by atoms with Crippen LogP contribution in [-0.4, -0.2) is 47.6 Å². The third-order valence-corrected chi connectivity index (χ3v) is 4.02. The van der Waals surface area contributed by atoms with Gasteiger partial charge in [-0.1, -0.05) is 0 Å². The lowest BCUT2D eigenvalue weighted by Gasteiger charge is -2.31. The number of nitrogens with zero attached hydrogens (tertiary/aromatic N) is 1. The van der Waals surface area contributed by atoms with Crippen LogP contribution in [0.5, 0.6) is 0 Å². The summed E-state index contributed by atoms with van der Waals surface area (Å²) in [5.74, 6) is -0.546. The Bertz CT molecular complexity index is 359. The molecular weight excluding hydrogens is 208 g/mol. The molecular formula is C10H16N4O2. The first-order chi connectivity index (χ1) is 7.63. The van der Waals surface area contributed by atoms with Gasteiger partial charge in [0.1, 0.15) is 6.04 Å². The van der Waals surface area contributed by atoms with Crippen molar-refractivity contribution in [2.45, 2.75) is 37.0 Å². The Morgan fingerprint density at radius 1 is 1.56 bits per heavy atom. The van der Waals surface area contributed by atoms with Gasteiger partial charge in [-0.15, -0.1) is 0 Å². The minimum atomic E-state index is -0.666. The molecule has 3 unspecified atom stereocenters. The first-order valence-electron chi connectivity index (χ1n) is 5.75. The SMILES string of the molecule is NC(=O)C1CC2(NCC3CCCN32)C(=O)N1. The van der Waals surface area contributed by atoms with Crippen molar-refractivity contribution in [3.05, 3.63) is 0 Å². The third-order valence-electron chi connectivity index (χ3n) is 4.02. The fraction of sp³-hybridized carbons (Fsp3) is 0.800. The molecule has 3 aliphatic rings. The van der Waals surface area contributed by atoms with Gasteiger partial charge < -0.3 is 11.1 Å². The second-order valence-electron chi connectivity index (χ2n) is 4.86. The van der Waals surface area contributed by atoms with E-state index in [1.54, 1.807) is 0 Å². The van der Waals surface area contributed by atoms with Crippen molar-refractivity contribution in [2.75, 3.05) is 13.1 Å². The van der Waals surface area contributed by atoms with E-state index in [4.69, 9.17) is 5.73 Å². The van der Waals surface area contributed by atoms with Crippen LogP contribution in [0, 0.1) is 0 Å². The molecule has 16 heavy (non-hydrogen) atoms. The van der Waals surface area contributed by atoms with E-state index in [1.165, 1.54) is 0 Å². The topological polar surface area (TPSA) is 87.5 Å². The zero-order chi connectivity index (χ0) is 11.3. The Balaban J connectivity index is 1.88. The number of nitrogens with one attached hydrogen (secondary N) is 2. The number of rotatable bonds is 1. The first-order valence-corrected chi connectivity index (χ1v) is 5.75. The number of nitrogens with two attached hydrogens (primary N) is 1. The highest BCUT2D eigenvalue weighted by molar-refractivity contribution is 5.96. The van der Waals surface area contributed by atoms with E-state index in [0.29, 0.717) is 12.5 Å². The molecule has 0 bridgehead atoms. The lowest BCUT2D eigenvalue weighted by atomic mass is 10.0. The maximum Gasteiger partial charge on any atom is 0.256 e. The van der Waals surface area contributed by atoms with Crippen LogP contribution in [-0.2, 0) is 9.59 Å². The van der Waals surface area contributed by atoms with Crippen molar-refractivity contribution < 1.29 is 9.59 Å². The molecule has 3 saturated heterocycles. The van der Waals surface area contributed by atoms with Crippen LogP contribution in [0.1, 0.15) is 19.3 Å². The van der Waals surface area contributed by atoms with Gasteiger partial charge in [0.15, 0.2) is 5.66 Å². The summed E-state index contributed by atoms with van der Waals surface area (Å²) < 4.78 is 0. The molecule has 2 amide bonds. The quantitative estimate of drug-likeness (QED) is 0.486. The molecule has 1 spiro atoms. The summed E-state index contributed by atoms with van der Waals surface area (Å²) in [6.07, 6.45) is 2.71. The van der Waals surface area contributed by atoms with E-state index >= 15 is 0 Å². The van der Waals surface area contributed by atoms with Crippen LogP contribution >= 0.6 is 0 Å². The maximum atomic E-state index is 12.0. The fourth-order valence-corrected chi connectivity index (χ4v) is 3.23. The lowest BCUT2D eigenvalue weighted by molar-refractivity contribution is -0.130. The molecule has 0 saturated carbocycles. The molecule has 3 aliphatic heterocycles. The van der Waals surface area contributed by atoms with Crippen LogP contribution in [0.4, 0.5) is 0 Å². The Labute approximate surface area is 93.5 Å². The van der Waals surface area contributed by atoms with Crippen molar-refractivity contribution in [1.82, 2.24) is 15.5 Å². The summed E-state index contributed by atoms with van der Waals surface area (Å²) >= 11 is 0. The van der Waals surface area contributed by atoms with E-state index in [-0.39, 0.29) is 5.91 Å². The number of primary amides is 1. The number of fused-ring (bicyclic) bond motifs is 2. The molecule has 0 aromatic carbocycles. The molecule has 0 aromatic rings. The minimum absolute atomic E-state index is 0.0966. The summed E-state index contributed by atoms with van der Waals surface area (Å²) in [4.78, 5) is 25.4. The first kappa shape index (κ1) is 10.0. The summed E-state index contributed by atoms with van der Waals surface area (Å²) in [5, 5.41) is 5.96. The molecule has 3 rings (SSSR count). The van der Waals surface area contributed by atoms with Gasteiger partial charge in [0.05, 0.1) is 0 Å². The summed E-state index contributed by atoms with van der Waals surface area (Å²) in [5.41, 5.74) is 4.58. The second-order valence-corrected chi connectivity index (χ2v) is 4.86. The van der Waals surface area contributed by atoms with Crippen LogP contribution in [0.15, 0.2) is 0 Å². The molecule has 3 heterocycles. The number of carbonyl (C=O) groups is 2. The highest BCUT2D eigenvalue weighted by Gasteiger charge is 2.58. The zero-order valence-corrected chi connectivity index (χ0v) is 9.03. The van der Waals surface area contributed by atoms with E-state index in [9.17, 15) is 9.59 Å². The molecule has 0 aliphatic carbocycles. The Morgan fingerprint density at radius 3 is 3.06 bits per heavy atom. The van der Waals surface area contributed by atoms with E-state index in [0.717, 1.165) is 25.9 Å². The smallest absolute Gasteiger partial charge is 0.256 e. The van der Waals surface area contributed by atoms with Crippen LogP contribution in [0.25, 0.3) is 0 Å². The van der Waals surface area contributed by atoms with Crippen LogP contribution < -0.4 is 16.4 Å². The van der Waals surface area contributed by atoms with Gasteiger partial charge >= 0.3 is 0 Å². The van der Waals surface area contributed by atoms with Crippen LogP contribution in [0.3, 0.4) is 0 Å². The van der Waals surface area contributed by atoms with Gasteiger partial charge in [-0.25, -0.2) is 0 Å². The Morgan fingerprint density at radius 2 is 2.38 bits per heavy atom. The summed E-state index contributed by atoms with van der Waals surface area (Å²) in [6, 6.07) is -0.0864. The van der Waals surface area contributed by atoms with Gasteiger partial charge in [0.2, 0.25) is 5.91 Å². The molecule has 6 heteroatoms. The van der Waals surface area contributed by atoms with Crippen LogP contribution in [0.2, 0.25) is 0 Å². The number of amides is 2. The van der Waals surface area contributed by atoms with Crippen molar-refractivity contribution in [3.8, 4) is 0 Å². The number of hydrogen-bond acceptors (Lipinski definition) is 4. The average Bonchev–Trinajstić information content (AvgIpc) is 2.85. The van der Waals surface area contributed by atoms with E-state index < -0.39 is 17.6 Å². The van der Waals surface area contributed by atoms with Gasteiger partial charge in [0.25, 0.3) is 5.91 Å². The maximum absolute atomic E-state index is 12.0. The molecule has 0 aromatic heterocycles. The third kappa shape index (κ3) is 1.14. The average molecular weight is 224 g/mol. The number of carbonyl (C=O) groups excluding carboxylic acids is 2. The molecule has 88 valence electrons. The molecule has 4 N–H and O–H groups in total. The van der Waals surface area contributed by atoms with E-state index in [1.807, 2.05) is 0 Å².